The second-order valence-corrected chi connectivity index (χ2v) is 5.10. The number of aromatic nitrogens is 5. The van der Waals surface area contributed by atoms with Gasteiger partial charge in [-0.15, -0.1) is 5.10 Å². The van der Waals surface area contributed by atoms with Gasteiger partial charge in [-0.2, -0.15) is 10.1 Å². The van der Waals surface area contributed by atoms with Crippen molar-refractivity contribution in [2.24, 2.45) is 12.8 Å². The fourth-order valence-electron chi connectivity index (χ4n) is 2.44. The Labute approximate surface area is 111 Å². The van der Waals surface area contributed by atoms with Gasteiger partial charge in [-0.3, -0.25) is 9.78 Å². The number of aryl methyl sites for hydroxylation is 2. The Kier molecular flexibility index (Phi) is 2.98. The van der Waals surface area contributed by atoms with E-state index in [1.165, 1.54) is 0 Å². The highest BCUT2D eigenvalue weighted by atomic mass is 15.4. The summed E-state index contributed by atoms with van der Waals surface area (Å²) in [5, 5.41) is 11.6. The third-order valence-electron chi connectivity index (χ3n) is 3.54. The van der Waals surface area contributed by atoms with Crippen molar-refractivity contribution >= 4 is 5.95 Å². The number of anilines is 1. The number of nitrogens with one attached hydrogen (secondary N) is 1. The van der Waals surface area contributed by atoms with E-state index in [1.807, 2.05) is 24.7 Å². The molecule has 1 aliphatic heterocycles. The number of hydrogen-bond donors (Lipinski definition) is 2. The number of aromatic amines is 1. The van der Waals surface area contributed by atoms with Crippen LogP contribution in [0.2, 0.25) is 0 Å². The topological polar surface area (TPSA) is 88.7 Å². The largest absolute Gasteiger partial charge is 0.339 e. The monoisotopic (exact) mass is 261 g/mol. The molecule has 0 aromatic carbocycles. The Morgan fingerprint density at radius 1 is 1.37 bits per heavy atom. The second-order valence-electron chi connectivity index (χ2n) is 5.10. The molecule has 1 saturated heterocycles. The lowest BCUT2D eigenvalue weighted by molar-refractivity contribution is 0.496. The van der Waals surface area contributed by atoms with Crippen LogP contribution in [0.3, 0.4) is 0 Å². The molecule has 0 spiro atoms. The molecule has 0 bridgehead atoms. The first-order valence-corrected chi connectivity index (χ1v) is 6.57. The van der Waals surface area contributed by atoms with Gasteiger partial charge in [-0.1, -0.05) is 0 Å². The van der Waals surface area contributed by atoms with E-state index in [9.17, 15) is 0 Å². The van der Waals surface area contributed by atoms with Crippen LogP contribution in [0.4, 0.5) is 5.95 Å². The van der Waals surface area contributed by atoms with Crippen LogP contribution < -0.4 is 10.6 Å². The summed E-state index contributed by atoms with van der Waals surface area (Å²) in [7, 11) is 1.91. The molecule has 3 N–H and O–H groups in total. The number of nitrogens with two attached hydrogens (primary N) is 1. The van der Waals surface area contributed by atoms with Crippen molar-refractivity contribution in [1.82, 2.24) is 25.0 Å². The van der Waals surface area contributed by atoms with Crippen molar-refractivity contribution in [3.63, 3.8) is 0 Å². The Bertz CT molecular complexity index is 562. The summed E-state index contributed by atoms with van der Waals surface area (Å²) in [6.45, 7) is 3.80. The van der Waals surface area contributed by atoms with Crippen LogP contribution in [0.5, 0.6) is 0 Å². The second kappa shape index (κ2) is 4.65. The average molecular weight is 261 g/mol. The lowest BCUT2D eigenvalue weighted by Gasteiger charge is -2.28. The Hall–Kier alpha value is -1.89. The molecule has 2 aromatic heterocycles. The van der Waals surface area contributed by atoms with E-state index in [-0.39, 0.29) is 0 Å². The van der Waals surface area contributed by atoms with Crippen LogP contribution in [0.1, 0.15) is 18.5 Å². The lowest BCUT2D eigenvalue weighted by atomic mass is 10.1. The minimum absolute atomic E-state index is 0.314. The smallest absolute Gasteiger partial charge is 0.245 e. The summed E-state index contributed by atoms with van der Waals surface area (Å²) in [5.74, 6) is 1.51. The highest BCUT2D eigenvalue weighted by molar-refractivity contribution is 5.52. The molecule has 3 rings (SSSR count). The van der Waals surface area contributed by atoms with E-state index in [0.717, 1.165) is 49.1 Å². The van der Waals surface area contributed by atoms with Crippen LogP contribution in [-0.2, 0) is 7.05 Å². The molecule has 0 atom stereocenters. The quantitative estimate of drug-likeness (QED) is 0.819. The summed E-state index contributed by atoms with van der Waals surface area (Å²) < 4.78 is 1.81. The third-order valence-corrected chi connectivity index (χ3v) is 3.54. The van der Waals surface area contributed by atoms with Gasteiger partial charge in [0.2, 0.25) is 5.95 Å². The zero-order valence-electron chi connectivity index (χ0n) is 11.3. The van der Waals surface area contributed by atoms with Crippen LogP contribution in [0, 0.1) is 6.92 Å². The van der Waals surface area contributed by atoms with Crippen molar-refractivity contribution in [3.05, 3.63) is 11.8 Å². The van der Waals surface area contributed by atoms with Crippen molar-refractivity contribution in [2.45, 2.75) is 25.8 Å². The van der Waals surface area contributed by atoms with E-state index < -0.39 is 0 Å². The summed E-state index contributed by atoms with van der Waals surface area (Å²) in [6.07, 6.45) is 1.99. The van der Waals surface area contributed by atoms with Gasteiger partial charge in [0.05, 0.1) is 5.69 Å². The fourth-order valence-corrected chi connectivity index (χ4v) is 2.44. The van der Waals surface area contributed by atoms with Crippen LogP contribution >= 0.6 is 0 Å². The van der Waals surface area contributed by atoms with Crippen molar-refractivity contribution in [2.75, 3.05) is 18.0 Å². The Morgan fingerprint density at radius 2 is 2.11 bits per heavy atom. The zero-order chi connectivity index (χ0) is 13.4. The van der Waals surface area contributed by atoms with Gasteiger partial charge in [-0.05, 0) is 25.8 Å². The molecular weight excluding hydrogens is 242 g/mol. The van der Waals surface area contributed by atoms with Crippen molar-refractivity contribution in [3.8, 4) is 11.5 Å². The van der Waals surface area contributed by atoms with Gasteiger partial charge in [0, 0.05) is 26.2 Å². The molecule has 7 nitrogen and oxygen atoms in total. The first-order chi connectivity index (χ1) is 9.13. The molecule has 1 aliphatic rings. The van der Waals surface area contributed by atoms with Crippen molar-refractivity contribution in [1.29, 1.82) is 0 Å². The first-order valence-electron chi connectivity index (χ1n) is 6.57. The molecule has 7 heteroatoms. The van der Waals surface area contributed by atoms with E-state index in [4.69, 9.17) is 5.73 Å². The van der Waals surface area contributed by atoms with Crippen LogP contribution in [0.25, 0.3) is 11.5 Å². The summed E-state index contributed by atoms with van der Waals surface area (Å²) in [6, 6.07) is 2.31. The molecule has 3 heterocycles. The fraction of sp³-hybridized carbons (Fsp3) is 0.583. The van der Waals surface area contributed by atoms with Crippen LogP contribution in [0.15, 0.2) is 6.07 Å². The summed E-state index contributed by atoms with van der Waals surface area (Å²) in [4.78, 5) is 6.73. The van der Waals surface area contributed by atoms with E-state index in [0.29, 0.717) is 6.04 Å². The van der Waals surface area contributed by atoms with E-state index >= 15 is 0 Å². The maximum absolute atomic E-state index is 5.91. The molecule has 102 valence electrons. The predicted octanol–water partition coefficient (Wildman–Crippen LogP) is 0.441. The minimum Gasteiger partial charge on any atom is -0.339 e. The van der Waals surface area contributed by atoms with Gasteiger partial charge < -0.3 is 10.6 Å². The molecule has 0 radical (unpaired) electrons. The highest BCUT2D eigenvalue weighted by Crippen LogP contribution is 2.20. The number of H-pyrrole nitrogens is 1. The lowest BCUT2D eigenvalue weighted by Crippen LogP contribution is -2.40. The third kappa shape index (κ3) is 2.33. The minimum atomic E-state index is 0.314. The van der Waals surface area contributed by atoms with Crippen LogP contribution in [-0.4, -0.2) is 44.1 Å². The zero-order valence-corrected chi connectivity index (χ0v) is 11.3. The Morgan fingerprint density at radius 3 is 2.74 bits per heavy atom. The number of piperidine rings is 1. The SMILES string of the molecule is Cc1cc(-c2nc(N3CCC(N)CC3)n[nH]2)n(C)n1. The maximum Gasteiger partial charge on any atom is 0.245 e. The Balaban J connectivity index is 1.81. The standard InChI is InChI=1S/C12H19N7/c1-8-7-10(18(2)17-8)11-14-12(16-15-11)19-5-3-9(13)4-6-19/h7,9H,3-6,13H2,1-2H3,(H,14,15,16). The number of nitrogens with zero attached hydrogens (tertiary/aromatic N) is 5. The molecular formula is C12H19N7. The molecule has 1 fully saturated rings. The van der Waals surface area contributed by atoms with Crippen molar-refractivity contribution < 1.29 is 0 Å². The van der Waals surface area contributed by atoms with E-state index in [1.54, 1.807) is 0 Å². The normalized spacial score (nSPS) is 17.1. The number of rotatable bonds is 2. The van der Waals surface area contributed by atoms with Gasteiger partial charge in [0.1, 0.15) is 5.69 Å². The molecule has 19 heavy (non-hydrogen) atoms. The summed E-state index contributed by atoms with van der Waals surface area (Å²) >= 11 is 0. The number of hydrogen-bond acceptors (Lipinski definition) is 5. The molecule has 0 amide bonds. The van der Waals surface area contributed by atoms with Gasteiger partial charge in [0.15, 0.2) is 5.82 Å². The van der Waals surface area contributed by atoms with Gasteiger partial charge in [0.25, 0.3) is 0 Å². The average Bonchev–Trinajstić information content (AvgIpc) is 2.97. The molecule has 0 unspecified atom stereocenters. The molecule has 2 aromatic rings. The predicted molar refractivity (Wildman–Crippen MR) is 72.7 cm³/mol. The molecule has 0 saturated carbocycles. The highest BCUT2D eigenvalue weighted by Gasteiger charge is 2.20. The molecule has 0 aliphatic carbocycles. The van der Waals surface area contributed by atoms with Gasteiger partial charge >= 0.3 is 0 Å². The maximum atomic E-state index is 5.91. The first kappa shape index (κ1) is 12.2. The van der Waals surface area contributed by atoms with E-state index in [2.05, 4.69) is 25.2 Å². The summed E-state index contributed by atoms with van der Waals surface area (Å²) in [5.41, 5.74) is 7.83. The van der Waals surface area contributed by atoms with Gasteiger partial charge in [-0.25, -0.2) is 0 Å².